The zero-order valence-corrected chi connectivity index (χ0v) is 8.95. The van der Waals surface area contributed by atoms with Crippen molar-refractivity contribution in [2.24, 2.45) is 5.73 Å². The number of hydrogen-bond donors (Lipinski definition) is 3. The van der Waals surface area contributed by atoms with Gasteiger partial charge in [-0.3, -0.25) is 0 Å². The van der Waals surface area contributed by atoms with Crippen molar-refractivity contribution < 1.29 is 0 Å². The first-order chi connectivity index (χ1) is 7.28. The molecule has 15 heavy (non-hydrogen) atoms. The molecule has 0 bridgehead atoms. The van der Waals surface area contributed by atoms with Crippen molar-refractivity contribution in [3.63, 3.8) is 0 Å². The number of rotatable bonds is 5. The summed E-state index contributed by atoms with van der Waals surface area (Å²) in [6, 6.07) is 2.50. The van der Waals surface area contributed by atoms with Gasteiger partial charge in [0.15, 0.2) is 0 Å². The summed E-state index contributed by atoms with van der Waals surface area (Å²) in [5, 5.41) is 6.43. The van der Waals surface area contributed by atoms with Crippen LogP contribution in [0, 0.1) is 6.92 Å². The van der Waals surface area contributed by atoms with Gasteiger partial charge in [-0.1, -0.05) is 0 Å². The van der Waals surface area contributed by atoms with Crippen molar-refractivity contribution in [1.82, 2.24) is 9.97 Å². The molecule has 1 fully saturated rings. The van der Waals surface area contributed by atoms with Crippen LogP contribution in [0.4, 0.5) is 11.8 Å². The smallest absolute Gasteiger partial charge is 0.225 e. The van der Waals surface area contributed by atoms with Crippen molar-refractivity contribution in [2.45, 2.75) is 25.8 Å². The van der Waals surface area contributed by atoms with Crippen LogP contribution in [-0.2, 0) is 0 Å². The molecule has 1 saturated carbocycles. The molecule has 2 rings (SSSR count). The van der Waals surface area contributed by atoms with E-state index < -0.39 is 0 Å². The van der Waals surface area contributed by atoms with Crippen LogP contribution in [0.15, 0.2) is 6.07 Å². The number of nitrogens with two attached hydrogens (primary N) is 1. The molecule has 5 heteroatoms. The first kappa shape index (κ1) is 10.2. The molecule has 1 heterocycles. The minimum atomic E-state index is 0.578. The Hall–Kier alpha value is -1.36. The van der Waals surface area contributed by atoms with E-state index >= 15 is 0 Å². The Bertz CT molecular complexity index is 335. The maximum absolute atomic E-state index is 5.42. The van der Waals surface area contributed by atoms with Crippen LogP contribution in [0.5, 0.6) is 0 Å². The van der Waals surface area contributed by atoms with Crippen LogP contribution in [0.25, 0.3) is 0 Å². The van der Waals surface area contributed by atoms with Gasteiger partial charge < -0.3 is 16.4 Å². The zero-order chi connectivity index (χ0) is 10.7. The number of aryl methyl sites for hydroxylation is 1. The molecule has 0 spiro atoms. The van der Waals surface area contributed by atoms with E-state index in [0.717, 1.165) is 24.0 Å². The standard InChI is InChI=1S/C10H17N5/c1-7-6-9(12-5-4-11)15-10(13-7)14-8-2-3-8/h6,8H,2-5,11H2,1H3,(H2,12,13,14,15). The summed E-state index contributed by atoms with van der Waals surface area (Å²) >= 11 is 0. The summed E-state index contributed by atoms with van der Waals surface area (Å²) in [4.78, 5) is 8.69. The average Bonchev–Trinajstić information content (AvgIpc) is 2.98. The Balaban J connectivity index is 2.05. The summed E-state index contributed by atoms with van der Waals surface area (Å²) < 4.78 is 0. The number of nitrogens with zero attached hydrogens (tertiary/aromatic N) is 2. The predicted molar refractivity (Wildman–Crippen MR) is 61.0 cm³/mol. The van der Waals surface area contributed by atoms with E-state index in [4.69, 9.17) is 5.73 Å². The molecule has 1 aliphatic rings. The Labute approximate surface area is 89.5 Å². The van der Waals surface area contributed by atoms with Crippen LogP contribution in [0.2, 0.25) is 0 Å². The molecule has 5 nitrogen and oxygen atoms in total. The lowest BCUT2D eigenvalue weighted by Gasteiger charge is -2.08. The molecule has 0 unspecified atom stereocenters. The van der Waals surface area contributed by atoms with E-state index in [1.54, 1.807) is 0 Å². The molecule has 0 atom stereocenters. The molecule has 0 aliphatic heterocycles. The van der Waals surface area contributed by atoms with Crippen LogP contribution in [0.3, 0.4) is 0 Å². The second-order valence-electron chi connectivity index (χ2n) is 3.85. The topological polar surface area (TPSA) is 75.9 Å². The van der Waals surface area contributed by atoms with E-state index in [1.807, 2.05) is 13.0 Å². The van der Waals surface area contributed by atoms with Gasteiger partial charge >= 0.3 is 0 Å². The molecule has 1 aromatic rings. The average molecular weight is 207 g/mol. The molecule has 1 aromatic heterocycles. The zero-order valence-electron chi connectivity index (χ0n) is 8.95. The molecule has 0 radical (unpaired) electrons. The lowest BCUT2D eigenvalue weighted by molar-refractivity contribution is 0.985. The lowest BCUT2D eigenvalue weighted by Crippen LogP contribution is -2.15. The van der Waals surface area contributed by atoms with Crippen molar-refractivity contribution >= 4 is 11.8 Å². The number of aromatic nitrogens is 2. The summed E-state index contributed by atoms with van der Waals surface area (Å²) in [5.74, 6) is 1.56. The van der Waals surface area contributed by atoms with Gasteiger partial charge in [0.05, 0.1) is 0 Å². The SMILES string of the molecule is Cc1cc(NCCN)nc(NC2CC2)n1. The van der Waals surface area contributed by atoms with Crippen LogP contribution in [-0.4, -0.2) is 29.1 Å². The third-order valence-electron chi connectivity index (χ3n) is 2.22. The highest BCUT2D eigenvalue weighted by Crippen LogP contribution is 2.23. The monoisotopic (exact) mass is 207 g/mol. The quantitative estimate of drug-likeness (QED) is 0.663. The highest BCUT2D eigenvalue weighted by molar-refractivity contribution is 5.43. The molecular formula is C10H17N5. The third-order valence-corrected chi connectivity index (χ3v) is 2.22. The summed E-state index contributed by atoms with van der Waals surface area (Å²) in [6.07, 6.45) is 2.45. The minimum absolute atomic E-state index is 0.578. The number of nitrogens with one attached hydrogen (secondary N) is 2. The fourth-order valence-electron chi connectivity index (χ4n) is 1.33. The van der Waals surface area contributed by atoms with Crippen LogP contribution >= 0.6 is 0 Å². The molecule has 0 saturated heterocycles. The van der Waals surface area contributed by atoms with Crippen molar-refractivity contribution in [2.75, 3.05) is 23.7 Å². The van der Waals surface area contributed by atoms with Gasteiger partial charge in [0.1, 0.15) is 5.82 Å². The summed E-state index contributed by atoms with van der Waals surface area (Å²) in [6.45, 7) is 3.31. The van der Waals surface area contributed by atoms with Gasteiger partial charge in [0.25, 0.3) is 0 Å². The Morgan fingerprint density at radius 3 is 2.93 bits per heavy atom. The second-order valence-corrected chi connectivity index (χ2v) is 3.85. The van der Waals surface area contributed by atoms with Gasteiger partial charge in [0, 0.05) is 30.9 Å². The number of anilines is 2. The highest BCUT2D eigenvalue weighted by atomic mass is 15.2. The summed E-state index contributed by atoms with van der Waals surface area (Å²) in [5.41, 5.74) is 6.39. The van der Waals surface area contributed by atoms with Crippen LogP contribution < -0.4 is 16.4 Å². The molecule has 82 valence electrons. The van der Waals surface area contributed by atoms with Gasteiger partial charge in [-0.15, -0.1) is 0 Å². The van der Waals surface area contributed by atoms with Gasteiger partial charge in [0.2, 0.25) is 5.95 Å². The first-order valence-corrected chi connectivity index (χ1v) is 5.34. The van der Waals surface area contributed by atoms with Crippen LogP contribution in [0.1, 0.15) is 18.5 Å². The maximum atomic E-state index is 5.42. The van der Waals surface area contributed by atoms with E-state index in [-0.39, 0.29) is 0 Å². The Kier molecular flexibility index (Phi) is 3.01. The fraction of sp³-hybridized carbons (Fsp3) is 0.600. The minimum Gasteiger partial charge on any atom is -0.369 e. The third kappa shape index (κ3) is 3.06. The Morgan fingerprint density at radius 2 is 2.27 bits per heavy atom. The van der Waals surface area contributed by atoms with E-state index in [9.17, 15) is 0 Å². The van der Waals surface area contributed by atoms with Crippen molar-refractivity contribution in [3.8, 4) is 0 Å². The molecule has 0 amide bonds. The largest absolute Gasteiger partial charge is 0.369 e. The van der Waals surface area contributed by atoms with E-state index in [1.165, 1.54) is 12.8 Å². The predicted octanol–water partition coefficient (Wildman–Crippen LogP) is 0.730. The maximum Gasteiger partial charge on any atom is 0.225 e. The van der Waals surface area contributed by atoms with Crippen molar-refractivity contribution in [3.05, 3.63) is 11.8 Å². The highest BCUT2D eigenvalue weighted by Gasteiger charge is 2.22. The molecule has 1 aliphatic carbocycles. The fourth-order valence-corrected chi connectivity index (χ4v) is 1.33. The van der Waals surface area contributed by atoms with E-state index in [2.05, 4.69) is 20.6 Å². The molecule has 0 aromatic carbocycles. The number of hydrogen-bond acceptors (Lipinski definition) is 5. The first-order valence-electron chi connectivity index (χ1n) is 5.34. The van der Waals surface area contributed by atoms with E-state index in [0.29, 0.717) is 12.6 Å². The normalized spacial score (nSPS) is 15.1. The summed E-state index contributed by atoms with van der Waals surface area (Å²) in [7, 11) is 0. The lowest BCUT2D eigenvalue weighted by atomic mass is 10.4. The van der Waals surface area contributed by atoms with Gasteiger partial charge in [-0.05, 0) is 19.8 Å². The second kappa shape index (κ2) is 4.44. The molecular weight excluding hydrogens is 190 g/mol. The van der Waals surface area contributed by atoms with Gasteiger partial charge in [-0.25, -0.2) is 4.98 Å². The Morgan fingerprint density at radius 1 is 1.47 bits per heavy atom. The van der Waals surface area contributed by atoms with Crippen molar-refractivity contribution in [1.29, 1.82) is 0 Å². The van der Waals surface area contributed by atoms with Gasteiger partial charge in [-0.2, -0.15) is 4.98 Å². The molecule has 4 N–H and O–H groups in total.